The second kappa shape index (κ2) is 8.48. The maximum Gasteiger partial charge on any atom is 0.203 e. The molecule has 0 atom stereocenters. The van der Waals surface area contributed by atoms with E-state index in [-0.39, 0.29) is 0 Å². The number of nitrogens with one attached hydrogen (secondary N) is 1. The molecule has 0 saturated heterocycles. The van der Waals surface area contributed by atoms with Gasteiger partial charge in [-0.2, -0.15) is 0 Å². The van der Waals surface area contributed by atoms with Crippen LogP contribution >= 0.6 is 0 Å². The summed E-state index contributed by atoms with van der Waals surface area (Å²) in [5.41, 5.74) is 5.66. The molecule has 0 bridgehead atoms. The Morgan fingerprint density at radius 3 is 2.78 bits per heavy atom. The van der Waals surface area contributed by atoms with Gasteiger partial charge >= 0.3 is 0 Å². The van der Waals surface area contributed by atoms with Gasteiger partial charge in [0.1, 0.15) is 6.33 Å². The van der Waals surface area contributed by atoms with Crippen LogP contribution in [0.1, 0.15) is 6.42 Å². The molecule has 7 nitrogen and oxygen atoms in total. The highest BCUT2D eigenvalue weighted by molar-refractivity contribution is 5.61. The summed E-state index contributed by atoms with van der Waals surface area (Å²) in [7, 11) is 3.19. The Kier molecular flexibility index (Phi) is 6.82. The molecule has 0 unspecified atom stereocenters. The summed E-state index contributed by atoms with van der Waals surface area (Å²) < 4.78 is 15.3. The zero-order chi connectivity index (χ0) is 13.2. The van der Waals surface area contributed by atoms with E-state index < -0.39 is 0 Å². The molecular formula is C11H20N4O3. The third-order valence-electron chi connectivity index (χ3n) is 2.23. The van der Waals surface area contributed by atoms with Crippen molar-refractivity contribution in [3.63, 3.8) is 0 Å². The molecule has 0 amide bonds. The lowest BCUT2D eigenvalue weighted by atomic mass is 10.4. The molecule has 0 aliphatic heterocycles. The van der Waals surface area contributed by atoms with Crippen LogP contribution in [0.2, 0.25) is 0 Å². The Hall–Kier alpha value is -1.60. The summed E-state index contributed by atoms with van der Waals surface area (Å²) in [5, 5.41) is 3.13. The first-order valence-corrected chi connectivity index (χ1v) is 5.74. The second-order valence-corrected chi connectivity index (χ2v) is 3.53. The van der Waals surface area contributed by atoms with Gasteiger partial charge in [0.15, 0.2) is 11.6 Å². The number of methoxy groups -OCH3 is 2. The van der Waals surface area contributed by atoms with Gasteiger partial charge in [0.25, 0.3) is 0 Å². The van der Waals surface area contributed by atoms with Crippen molar-refractivity contribution in [2.45, 2.75) is 6.42 Å². The van der Waals surface area contributed by atoms with Gasteiger partial charge in [-0.25, -0.2) is 9.97 Å². The van der Waals surface area contributed by atoms with Crippen LogP contribution in [-0.4, -0.2) is 50.6 Å². The van der Waals surface area contributed by atoms with E-state index in [1.54, 1.807) is 7.11 Å². The molecule has 0 fully saturated rings. The number of ether oxygens (including phenoxy) is 3. The van der Waals surface area contributed by atoms with E-state index in [0.29, 0.717) is 37.2 Å². The van der Waals surface area contributed by atoms with Crippen LogP contribution in [0.3, 0.4) is 0 Å². The van der Waals surface area contributed by atoms with Crippen molar-refractivity contribution >= 4 is 11.6 Å². The molecule has 0 saturated carbocycles. The summed E-state index contributed by atoms with van der Waals surface area (Å²) in [4.78, 5) is 7.92. The average molecular weight is 256 g/mol. The van der Waals surface area contributed by atoms with Crippen LogP contribution in [0, 0.1) is 0 Å². The van der Waals surface area contributed by atoms with E-state index in [1.807, 2.05) is 0 Å². The van der Waals surface area contributed by atoms with Crippen molar-refractivity contribution in [1.82, 2.24) is 9.97 Å². The number of hydrogen-bond acceptors (Lipinski definition) is 7. The van der Waals surface area contributed by atoms with E-state index in [0.717, 1.165) is 13.0 Å². The molecule has 0 aliphatic rings. The molecule has 0 aromatic carbocycles. The molecule has 1 aromatic heterocycles. The highest BCUT2D eigenvalue weighted by atomic mass is 16.5. The number of anilines is 2. The van der Waals surface area contributed by atoms with Crippen LogP contribution in [0.4, 0.5) is 11.6 Å². The van der Waals surface area contributed by atoms with Crippen molar-refractivity contribution in [3.8, 4) is 5.75 Å². The lowest BCUT2D eigenvalue weighted by Crippen LogP contribution is -2.10. The second-order valence-electron chi connectivity index (χ2n) is 3.53. The Labute approximate surface area is 107 Å². The van der Waals surface area contributed by atoms with Gasteiger partial charge in [-0.1, -0.05) is 0 Å². The molecule has 102 valence electrons. The Morgan fingerprint density at radius 1 is 1.22 bits per heavy atom. The molecule has 0 spiro atoms. The first-order valence-electron chi connectivity index (χ1n) is 5.74. The topological polar surface area (TPSA) is 91.5 Å². The predicted molar refractivity (Wildman–Crippen MR) is 68.8 cm³/mol. The molecule has 7 heteroatoms. The van der Waals surface area contributed by atoms with Gasteiger partial charge in [-0.05, 0) is 6.42 Å². The fourth-order valence-electron chi connectivity index (χ4n) is 1.34. The monoisotopic (exact) mass is 256 g/mol. The summed E-state index contributed by atoms with van der Waals surface area (Å²) in [5.74, 6) is 1.39. The SMILES string of the molecule is COCCOCCCNc1ncnc(N)c1OC. The fourth-order valence-corrected chi connectivity index (χ4v) is 1.34. The third kappa shape index (κ3) is 4.72. The van der Waals surface area contributed by atoms with Crippen LogP contribution in [0.25, 0.3) is 0 Å². The smallest absolute Gasteiger partial charge is 0.203 e. The lowest BCUT2D eigenvalue weighted by Gasteiger charge is -2.10. The average Bonchev–Trinajstić information content (AvgIpc) is 2.38. The maximum absolute atomic E-state index is 5.66. The number of aromatic nitrogens is 2. The number of hydrogen-bond donors (Lipinski definition) is 2. The minimum absolute atomic E-state index is 0.325. The lowest BCUT2D eigenvalue weighted by molar-refractivity contribution is 0.0705. The van der Waals surface area contributed by atoms with Crippen molar-refractivity contribution in [1.29, 1.82) is 0 Å². The van der Waals surface area contributed by atoms with Gasteiger partial charge in [-0.3, -0.25) is 0 Å². The van der Waals surface area contributed by atoms with Crippen LogP contribution in [0.5, 0.6) is 5.75 Å². The number of nitrogens with two attached hydrogens (primary N) is 1. The Bertz CT molecular complexity index is 349. The maximum atomic E-state index is 5.66. The van der Waals surface area contributed by atoms with E-state index in [1.165, 1.54) is 13.4 Å². The van der Waals surface area contributed by atoms with Crippen LogP contribution in [-0.2, 0) is 9.47 Å². The highest BCUT2D eigenvalue weighted by Crippen LogP contribution is 2.25. The summed E-state index contributed by atoms with van der Waals surface area (Å²) in [6, 6.07) is 0. The van der Waals surface area contributed by atoms with Crippen molar-refractivity contribution in [2.24, 2.45) is 0 Å². The zero-order valence-electron chi connectivity index (χ0n) is 10.8. The van der Waals surface area contributed by atoms with Crippen molar-refractivity contribution < 1.29 is 14.2 Å². The number of nitrogen functional groups attached to an aromatic ring is 1. The summed E-state index contributed by atoms with van der Waals surface area (Å²) >= 11 is 0. The van der Waals surface area contributed by atoms with Gasteiger partial charge in [-0.15, -0.1) is 0 Å². The molecule has 1 heterocycles. The molecule has 1 aromatic rings. The predicted octanol–water partition coefficient (Wildman–Crippen LogP) is 0.532. The fraction of sp³-hybridized carbons (Fsp3) is 0.636. The summed E-state index contributed by atoms with van der Waals surface area (Å²) in [6.45, 7) is 2.61. The highest BCUT2D eigenvalue weighted by Gasteiger charge is 2.08. The van der Waals surface area contributed by atoms with Crippen LogP contribution in [0.15, 0.2) is 6.33 Å². The van der Waals surface area contributed by atoms with Gasteiger partial charge in [0.05, 0.1) is 20.3 Å². The minimum Gasteiger partial charge on any atom is -0.490 e. The minimum atomic E-state index is 0.325. The molecule has 3 N–H and O–H groups in total. The van der Waals surface area contributed by atoms with Gasteiger partial charge < -0.3 is 25.3 Å². The molecule has 0 radical (unpaired) electrons. The normalized spacial score (nSPS) is 10.3. The van der Waals surface area contributed by atoms with E-state index in [4.69, 9.17) is 19.9 Å². The van der Waals surface area contributed by atoms with Gasteiger partial charge in [0, 0.05) is 20.3 Å². The molecular weight excluding hydrogens is 236 g/mol. The van der Waals surface area contributed by atoms with E-state index in [9.17, 15) is 0 Å². The quantitative estimate of drug-likeness (QED) is 0.623. The van der Waals surface area contributed by atoms with E-state index >= 15 is 0 Å². The Morgan fingerprint density at radius 2 is 2.06 bits per heavy atom. The Balaban J connectivity index is 2.25. The number of rotatable bonds is 9. The summed E-state index contributed by atoms with van der Waals surface area (Å²) in [6.07, 6.45) is 2.26. The largest absolute Gasteiger partial charge is 0.490 e. The van der Waals surface area contributed by atoms with Crippen molar-refractivity contribution in [2.75, 3.05) is 51.6 Å². The number of nitrogens with zero attached hydrogens (tertiary/aromatic N) is 2. The molecule has 1 rings (SSSR count). The molecule has 0 aliphatic carbocycles. The zero-order valence-corrected chi connectivity index (χ0v) is 10.8. The third-order valence-corrected chi connectivity index (χ3v) is 2.23. The van der Waals surface area contributed by atoms with Gasteiger partial charge in [0.2, 0.25) is 5.75 Å². The van der Waals surface area contributed by atoms with E-state index in [2.05, 4.69) is 15.3 Å². The first kappa shape index (κ1) is 14.5. The first-order chi connectivity index (χ1) is 8.79. The van der Waals surface area contributed by atoms with Crippen LogP contribution < -0.4 is 15.8 Å². The molecule has 18 heavy (non-hydrogen) atoms. The van der Waals surface area contributed by atoms with Crippen molar-refractivity contribution in [3.05, 3.63) is 6.33 Å². The standard InChI is InChI=1S/C11H20N4O3/c1-16-6-7-18-5-3-4-13-11-9(17-2)10(12)14-8-15-11/h8H,3-7H2,1-2H3,(H3,12,13,14,15).